The van der Waals surface area contributed by atoms with Crippen molar-refractivity contribution >= 4 is 71.1 Å². The second-order valence-electron chi connectivity index (χ2n) is 11.2. The fourth-order valence-corrected chi connectivity index (χ4v) is 6.08. The first kappa shape index (κ1) is 42.9. The first-order chi connectivity index (χ1) is 26.3. The molecule has 0 aliphatic carbocycles. The minimum Gasteiger partial charge on any atom is -0.871 e. The molecule has 2 N–H and O–H groups in total. The van der Waals surface area contributed by atoms with Crippen molar-refractivity contribution in [2.24, 2.45) is 20.5 Å². The van der Waals surface area contributed by atoms with Crippen molar-refractivity contribution in [3.63, 3.8) is 0 Å². The van der Waals surface area contributed by atoms with Crippen LogP contribution in [0.15, 0.2) is 121 Å². The first-order valence-corrected chi connectivity index (χ1v) is 18.0. The molecule has 0 spiro atoms. The molecule has 21 nitrogen and oxygen atoms in total. The van der Waals surface area contributed by atoms with E-state index >= 15 is 0 Å². The van der Waals surface area contributed by atoms with Gasteiger partial charge in [-0.05, 0) is 54.1 Å². The van der Waals surface area contributed by atoms with E-state index in [4.69, 9.17) is 5.73 Å². The number of carbonyl (C=O) groups excluding carboxylic acids is 1. The molecule has 0 aliphatic heterocycles. The number of azo groups is 2. The Balaban J connectivity index is 0.000000581. The van der Waals surface area contributed by atoms with E-state index in [-0.39, 0.29) is 38.6 Å². The number of benzene rings is 5. The van der Waals surface area contributed by atoms with Gasteiger partial charge < -0.3 is 40.1 Å². The van der Waals surface area contributed by atoms with Crippen LogP contribution in [0.3, 0.4) is 0 Å². The summed E-state index contributed by atoms with van der Waals surface area (Å²) in [6.45, 7) is 1.64. The van der Waals surface area contributed by atoms with Gasteiger partial charge in [0.2, 0.25) is 0 Å². The maximum atomic E-state index is 12.8. The van der Waals surface area contributed by atoms with Gasteiger partial charge in [-0.1, -0.05) is 54.0 Å². The normalized spacial score (nSPS) is 11.6. The Labute approximate surface area is 335 Å². The number of rotatable bonds is 9. The van der Waals surface area contributed by atoms with Crippen molar-refractivity contribution in [3.05, 3.63) is 112 Å². The predicted molar refractivity (Wildman–Crippen MR) is 186 cm³/mol. The molecule has 0 unspecified atom stereocenters. The number of fused-ring (bicyclic) bond motifs is 1. The molecule has 0 aliphatic rings. The molecule has 1 aromatic heterocycles. The number of anilines is 1. The number of aromatic carboxylic acids is 1. The van der Waals surface area contributed by atoms with Crippen molar-refractivity contribution in [1.29, 1.82) is 0 Å². The second-order valence-corrected chi connectivity index (χ2v) is 13.9. The number of nitrogens with two attached hydrogens (primary N) is 1. The number of para-hydroxylation sites is 1. The molecule has 1 radical (unpaired) electrons. The predicted octanol–water partition coefficient (Wildman–Crippen LogP) is 3.07. The second kappa shape index (κ2) is 16.9. The van der Waals surface area contributed by atoms with Crippen LogP contribution in [0.1, 0.15) is 20.3 Å². The molecule has 0 bridgehead atoms. The van der Waals surface area contributed by atoms with Crippen LogP contribution in [0.4, 0.5) is 34.1 Å². The average molecular weight is 856 g/mol. The molecule has 1 heterocycles. The molecule has 6 rings (SSSR count). The smallest absolute Gasteiger partial charge is 0.871 e. The van der Waals surface area contributed by atoms with Gasteiger partial charge in [-0.2, -0.15) is 10.2 Å². The van der Waals surface area contributed by atoms with Gasteiger partial charge in [0.05, 0.1) is 49.1 Å². The molecule has 5 aromatic carbocycles. The number of hydrogen-bond acceptors (Lipinski definition) is 19. The summed E-state index contributed by atoms with van der Waals surface area (Å²) in [4.78, 5) is 18.9. The molecule has 291 valence electrons. The van der Waals surface area contributed by atoms with E-state index in [1.54, 1.807) is 43.3 Å². The van der Waals surface area contributed by atoms with Crippen LogP contribution in [-0.4, -0.2) is 46.6 Å². The van der Waals surface area contributed by atoms with Gasteiger partial charge in [0.15, 0.2) is 0 Å². The summed E-state index contributed by atoms with van der Waals surface area (Å²) in [7, 11) is -10.4. The Morgan fingerprint density at radius 1 is 0.807 bits per heavy atom. The van der Waals surface area contributed by atoms with Crippen LogP contribution < -0.4 is 26.2 Å². The molecular formula is C33H23CrN8O13S2. The minimum absolute atomic E-state index is 0. The monoisotopic (exact) mass is 855 g/mol. The number of non-ortho nitro benzene ring substituents is 1. The SMILES string of the molecule is Cc1nn(-c2ccccc2)c([O-])c1N=Nc1ccccc1C(=O)[O-].Nc1cc(S(=O)(=O)[O-])cc2cc(S(=O)(=O)[O-])c(N=Nc3cc([N+](=O)[O-])ccc3[O-])c([O-])c12.[Cr+3].[H+].[H+].[H+]. The summed E-state index contributed by atoms with van der Waals surface area (Å²) in [5.41, 5.74) is 3.95. The van der Waals surface area contributed by atoms with E-state index in [2.05, 4.69) is 25.6 Å². The average Bonchev–Trinajstić information content (AvgIpc) is 3.42. The number of carboxylic acids is 1. The number of aryl methyl sites for hydroxylation is 1. The third-order valence-electron chi connectivity index (χ3n) is 7.47. The first-order valence-electron chi connectivity index (χ1n) is 15.2. The maximum absolute atomic E-state index is 12.8. The van der Waals surface area contributed by atoms with Crippen molar-refractivity contribution < 1.29 is 77.7 Å². The summed E-state index contributed by atoms with van der Waals surface area (Å²) in [6.07, 6.45) is 0. The van der Waals surface area contributed by atoms with Crippen LogP contribution in [0.2, 0.25) is 0 Å². The summed E-state index contributed by atoms with van der Waals surface area (Å²) in [5, 5.41) is 76.7. The Kier molecular flexibility index (Phi) is 12.7. The standard InChI is InChI=1S/C17H14N4O3.C16H12N4O10S2.Cr/c1-11-15(16(22)21(20-11)12-7-3-2-4-8-12)19-18-14-10-6-5-9-13(14)17(23)24;17-10-6-9(31(25,26)27)3-7-4-13(32(28,29)30)15(16(22)14(7)10)19-18-11-5-8(20(23)24)1-2-12(11)21;/h2-10,22H,1H3,(H,23,24);1-6,21-22H,17H2,(H,25,26,27)(H,28,29,30);/q;;+3/p-3. The molecule has 0 atom stereocenters. The van der Waals surface area contributed by atoms with Gasteiger partial charge in [0.25, 0.3) is 5.69 Å². The van der Waals surface area contributed by atoms with Crippen molar-refractivity contribution in [1.82, 2.24) is 9.78 Å². The number of nitro groups is 1. The number of nitro benzene ring substituents is 1. The quantitative estimate of drug-likeness (QED) is 0.0718. The largest absolute Gasteiger partial charge is 3.00 e. The third kappa shape index (κ3) is 9.53. The zero-order valence-electron chi connectivity index (χ0n) is 31.4. The zero-order valence-corrected chi connectivity index (χ0v) is 31.3. The van der Waals surface area contributed by atoms with Gasteiger partial charge in [-0.3, -0.25) is 10.1 Å². The summed E-state index contributed by atoms with van der Waals surface area (Å²) < 4.78 is 70.0. The number of nitrogens with zero attached hydrogens (tertiary/aromatic N) is 7. The van der Waals surface area contributed by atoms with E-state index in [0.29, 0.717) is 35.6 Å². The third-order valence-corrected chi connectivity index (χ3v) is 9.14. The van der Waals surface area contributed by atoms with Gasteiger partial charge in [0, 0.05) is 29.3 Å². The van der Waals surface area contributed by atoms with Gasteiger partial charge in [-0.25, -0.2) is 21.5 Å². The number of nitrogen functional groups attached to an aromatic ring is 1. The zero-order chi connectivity index (χ0) is 41.1. The van der Waals surface area contributed by atoms with E-state index in [1.165, 1.54) is 16.8 Å². The Morgan fingerprint density at radius 3 is 2.04 bits per heavy atom. The molecule has 0 saturated carbocycles. The number of hydrogen-bond donors (Lipinski definition) is 1. The molecule has 57 heavy (non-hydrogen) atoms. The molecule has 0 saturated heterocycles. The van der Waals surface area contributed by atoms with E-state index in [1.807, 2.05) is 6.07 Å². The summed E-state index contributed by atoms with van der Waals surface area (Å²) in [5.74, 6) is -3.91. The molecule has 24 heteroatoms. The Morgan fingerprint density at radius 2 is 1.42 bits per heavy atom. The van der Waals surface area contributed by atoms with E-state index in [0.717, 1.165) is 12.1 Å². The topological polar surface area (TPSA) is 360 Å². The molecule has 6 aromatic rings. The number of carbonyl (C=O) groups is 1. The molecular weight excluding hydrogens is 833 g/mol. The van der Waals surface area contributed by atoms with Gasteiger partial charge in [-0.15, -0.1) is 15.3 Å². The molecule has 0 amide bonds. The van der Waals surface area contributed by atoms with Crippen LogP contribution in [0.25, 0.3) is 16.5 Å². The van der Waals surface area contributed by atoms with Gasteiger partial charge in [0.1, 0.15) is 25.9 Å². The fourth-order valence-electron chi connectivity index (χ4n) is 4.90. The Bertz CT molecular complexity index is 2850. The van der Waals surface area contributed by atoms with Crippen LogP contribution in [0.5, 0.6) is 17.4 Å². The number of carboxylic acid groups (broad SMARTS) is 1. The summed E-state index contributed by atoms with van der Waals surface area (Å²) in [6, 6.07) is 19.2. The van der Waals surface area contributed by atoms with Crippen molar-refractivity contribution in [3.8, 4) is 23.1 Å². The van der Waals surface area contributed by atoms with Crippen molar-refractivity contribution in [2.75, 3.05) is 5.73 Å². The van der Waals surface area contributed by atoms with Crippen LogP contribution in [0, 0.1) is 17.0 Å². The minimum atomic E-state index is -5.40. The van der Waals surface area contributed by atoms with Gasteiger partial charge >= 0.3 is 21.6 Å². The maximum Gasteiger partial charge on any atom is 3.00 e. The number of aromatic nitrogens is 2. The van der Waals surface area contributed by atoms with Crippen LogP contribution in [-0.2, 0) is 37.6 Å². The van der Waals surface area contributed by atoms with Crippen molar-refractivity contribution in [2.45, 2.75) is 16.7 Å². The Hall–Kier alpha value is -6.81. The van der Waals surface area contributed by atoms with E-state index < -0.39 is 91.8 Å². The molecule has 0 fully saturated rings. The van der Waals surface area contributed by atoms with E-state index in [9.17, 15) is 61.3 Å². The summed E-state index contributed by atoms with van der Waals surface area (Å²) >= 11 is 0. The van der Waals surface area contributed by atoms with Crippen LogP contribution >= 0.6 is 0 Å². The fraction of sp³-hybridized carbons (Fsp3) is 0.0303.